The maximum atomic E-state index is 3.20. The zero-order valence-corrected chi connectivity index (χ0v) is 10.1. The molecule has 0 bridgehead atoms. The first-order valence-electron chi connectivity index (χ1n) is 6.01. The van der Waals surface area contributed by atoms with E-state index in [4.69, 9.17) is 0 Å². The highest BCUT2D eigenvalue weighted by Gasteiger charge is 2.28. The van der Waals surface area contributed by atoms with Crippen molar-refractivity contribution in [1.82, 2.24) is 10.2 Å². The average Bonchev–Trinajstić information content (AvgIpc) is 2.45. The SMILES string of the molecule is CNCCCCCN1CCC(C)(C)C1. The van der Waals surface area contributed by atoms with Gasteiger partial charge in [0.05, 0.1) is 0 Å². The van der Waals surface area contributed by atoms with Gasteiger partial charge in [-0.15, -0.1) is 0 Å². The third-order valence-electron chi connectivity index (χ3n) is 3.16. The Labute approximate surface area is 89.1 Å². The maximum Gasteiger partial charge on any atom is 0.00332 e. The second-order valence-electron chi connectivity index (χ2n) is 5.35. The van der Waals surface area contributed by atoms with Crippen molar-refractivity contribution in [2.24, 2.45) is 5.41 Å². The van der Waals surface area contributed by atoms with Gasteiger partial charge in [0.25, 0.3) is 0 Å². The maximum absolute atomic E-state index is 3.20. The molecule has 1 rings (SSSR count). The van der Waals surface area contributed by atoms with Crippen LogP contribution in [0, 0.1) is 5.41 Å². The smallest absolute Gasteiger partial charge is 0.00332 e. The lowest BCUT2D eigenvalue weighted by molar-refractivity contribution is 0.285. The molecule has 1 heterocycles. The standard InChI is InChI=1S/C12H26N2/c1-12(2)7-10-14(11-12)9-6-4-5-8-13-3/h13H,4-11H2,1-3H3. The van der Waals surface area contributed by atoms with Crippen molar-refractivity contribution in [1.29, 1.82) is 0 Å². The molecular formula is C12H26N2. The highest BCUT2D eigenvalue weighted by Crippen LogP contribution is 2.28. The quantitative estimate of drug-likeness (QED) is 0.658. The van der Waals surface area contributed by atoms with E-state index in [9.17, 15) is 0 Å². The largest absolute Gasteiger partial charge is 0.320 e. The fraction of sp³-hybridized carbons (Fsp3) is 1.00. The molecule has 1 aliphatic heterocycles. The van der Waals surface area contributed by atoms with Crippen LogP contribution in [0.25, 0.3) is 0 Å². The van der Waals surface area contributed by atoms with Crippen molar-refractivity contribution in [3.8, 4) is 0 Å². The van der Waals surface area contributed by atoms with E-state index >= 15 is 0 Å². The van der Waals surface area contributed by atoms with E-state index in [1.165, 1.54) is 51.9 Å². The molecule has 0 saturated carbocycles. The van der Waals surface area contributed by atoms with Crippen molar-refractivity contribution < 1.29 is 0 Å². The number of unbranched alkanes of at least 4 members (excludes halogenated alkanes) is 2. The normalized spacial score (nSPS) is 21.6. The summed E-state index contributed by atoms with van der Waals surface area (Å²) in [6.07, 6.45) is 5.45. The van der Waals surface area contributed by atoms with Gasteiger partial charge in [0.2, 0.25) is 0 Å². The Kier molecular flexibility index (Phi) is 4.90. The Morgan fingerprint density at radius 2 is 2.00 bits per heavy atom. The van der Waals surface area contributed by atoms with E-state index in [1.807, 2.05) is 7.05 Å². The predicted octanol–water partition coefficient (Wildman–Crippen LogP) is 2.11. The molecule has 1 saturated heterocycles. The zero-order chi connectivity index (χ0) is 10.4. The van der Waals surface area contributed by atoms with Crippen molar-refractivity contribution in [3.63, 3.8) is 0 Å². The zero-order valence-electron chi connectivity index (χ0n) is 10.1. The van der Waals surface area contributed by atoms with Crippen molar-refractivity contribution >= 4 is 0 Å². The number of likely N-dealkylation sites (tertiary alicyclic amines) is 1. The van der Waals surface area contributed by atoms with Gasteiger partial charge in [-0.2, -0.15) is 0 Å². The molecule has 0 aromatic rings. The summed E-state index contributed by atoms with van der Waals surface area (Å²) >= 11 is 0. The van der Waals surface area contributed by atoms with Crippen LogP contribution in [0.3, 0.4) is 0 Å². The van der Waals surface area contributed by atoms with Gasteiger partial charge in [0.1, 0.15) is 0 Å². The third kappa shape index (κ3) is 4.43. The number of hydrogen-bond donors (Lipinski definition) is 1. The van der Waals surface area contributed by atoms with Gasteiger partial charge >= 0.3 is 0 Å². The van der Waals surface area contributed by atoms with E-state index in [-0.39, 0.29) is 0 Å². The molecule has 1 aliphatic rings. The van der Waals surface area contributed by atoms with E-state index in [0.717, 1.165) is 0 Å². The summed E-state index contributed by atoms with van der Waals surface area (Å²) in [5.41, 5.74) is 0.574. The van der Waals surface area contributed by atoms with Gasteiger partial charge in [0.15, 0.2) is 0 Å². The van der Waals surface area contributed by atoms with Gasteiger partial charge in [-0.05, 0) is 51.4 Å². The van der Waals surface area contributed by atoms with E-state index < -0.39 is 0 Å². The monoisotopic (exact) mass is 198 g/mol. The topological polar surface area (TPSA) is 15.3 Å². The van der Waals surface area contributed by atoms with Crippen LogP contribution in [0.4, 0.5) is 0 Å². The molecule has 0 unspecified atom stereocenters. The third-order valence-corrected chi connectivity index (χ3v) is 3.16. The highest BCUT2D eigenvalue weighted by molar-refractivity contribution is 4.82. The van der Waals surface area contributed by atoms with Crippen LogP contribution < -0.4 is 5.32 Å². The minimum absolute atomic E-state index is 0.574. The van der Waals surface area contributed by atoms with Gasteiger partial charge in [-0.25, -0.2) is 0 Å². The van der Waals surface area contributed by atoms with Crippen LogP contribution in [-0.2, 0) is 0 Å². The Morgan fingerprint density at radius 1 is 1.21 bits per heavy atom. The lowest BCUT2D eigenvalue weighted by Crippen LogP contribution is -2.24. The summed E-state index contributed by atoms with van der Waals surface area (Å²) < 4.78 is 0. The van der Waals surface area contributed by atoms with E-state index in [1.54, 1.807) is 0 Å². The lowest BCUT2D eigenvalue weighted by Gasteiger charge is -2.19. The summed E-state index contributed by atoms with van der Waals surface area (Å²) in [5, 5.41) is 3.20. The molecule has 0 radical (unpaired) electrons. The molecule has 1 N–H and O–H groups in total. The minimum Gasteiger partial charge on any atom is -0.320 e. The molecule has 0 aromatic carbocycles. The molecule has 1 fully saturated rings. The van der Waals surface area contributed by atoms with Gasteiger partial charge < -0.3 is 10.2 Å². The molecule has 0 atom stereocenters. The number of rotatable bonds is 6. The second kappa shape index (κ2) is 5.72. The van der Waals surface area contributed by atoms with Crippen molar-refractivity contribution in [3.05, 3.63) is 0 Å². The minimum atomic E-state index is 0.574. The molecule has 2 nitrogen and oxygen atoms in total. The first-order chi connectivity index (χ1) is 6.64. The molecule has 14 heavy (non-hydrogen) atoms. The van der Waals surface area contributed by atoms with Crippen molar-refractivity contribution in [2.75, 3.05) is 33.2 Å². The first-order valence-corrected chi connectivity index (χ1v) is 6.01. The molecule has 2 heteroatoms. The number of nitrogens with zero attached hydrogens (tertiary/aromatic N) is 1. The molecular weight excluding hydrogens is 172 g/mol. The summed E-state index contributed by atoms with van der Waals surface area (Å²) in [4.78, 5) is 2.62. The molecule has 84 valence electrons. The highest BCUT2D eigenvalue weighted by atomic mass is 15.1. The Hall–Kier alpha value is -0.0800. The fourth-order valence-electron chi connectivity index (χ4n) is 2.23. The van der Waals surface area contributed by atoms with Crippen LogP contribution in [0.2, 0.25) is 0 Å². The van der Waals surface area contributed by atoms with Crippen LogP contribution >= 0.6 is 0 Å². The van der Waals surface area contributed by atoms with Gasteiger partial charge in [0, 0.05) is 6.54 Å². The Bertz CT molecular complexity index is 154. The van der Waals surface area contributed by atoms with Crippen LogP contribution in [0.5, 0.6) is 0 Å². The summed E-state index contributed by atoms with van der Waals surface area (Å²) in [6.45, 7) is 9.87. The molecule has 0 spiro atoms. The molecule has 0 aliphatic carbocycles. The van der Waals surface area contributed by atoms with Gasteiger partial charge in [-0.1, -0.05) is 20.3 Å². The fourth-order valence-corrected chi connectivity index (χ4v) is 2.23. The lowest BCUT2D eigenvalue weighted by atomic mass is 9.93. The van der Waals surface area contributed by atoms with E-state index in [0.29, 0.717) is 5.41 Å². The predicted molar refractivity (Wildman–Crippen MR) is 62.6 cm³/mol. The van der Waals surface area contributed by atoms with Crippen LogP contribution in [-0.4, -0.2) is 38.1 Å². The first kappa shape index (κ1) is 12.0. The summed E-state index contributed by atoms with van der Waals surface area (Å²) in [5.74, 6) is 0. The second-order valence-corrected chi connectivity index (χ2v) is 5.35. The van der Waals surface area contributed by atoms with Crippen molar-refractivity contribution in [2.45, 2.75) is 39.5 Å². The summed E-state index contributed by atoms with van der Waals surface area (Å²) in [6, 6.07) is 0. The van der Waals surface area contributed by atoms with Gasteiger partial charge in [-0.3, -0.25) is 0 Å². The Balaban J connectivity index is 1.98. The number of nitrogens with one attached hydrogen (secondary N) is 1. The van der Waals surface area contributed by atoms with Crippen LogP contribution in [0.1, 0.15) is 39.5 Å². The Morgan fingerprint density at radius 3 is 2.57 bits per heavy atom. The average molecular weight is 198 g/mol. The number of hydrogen-bond acceptors (Lipinski definition) is 2. The van der Waals surface area contributed by atoms with E-state index in [2.05, 4.69) is 24.1 Å². The van der Waals surface area contributed by atoms with Crippen LogP contribution in [0.15, 0.2) is 0 Å². The molecule has 0 aromatic heterocycles. The molecule has 0 amide bonds. The summed E-state index contributed by atoms with van der Waals surface area (Å²) in [7, 11) is 2.03.